The van der Waals surface area contributed by atoms with E-state index in [-0.39, 0.29) is 10.8 Å². The lowest BCUT2D eigenvalue weighted by molar-refractivity contribution is -0.110. The average Bonchev–Trinajstić information content (AvgIpc) is 2.72. The zero-order valence-corrected chi connectivity index (χ0v) is 13.6. The zero-order valence-electron chi connectivity index (χ0n) is 12.8. The minimum absolute atomic E-state index is 0.0147. The predicted octanol–water partition coefficient (Wildman–Crippen LogP) is 2.44. The molecule has 23 heavy (non-hydrogen) atoms. The number of nitrogens with one attached hydrogen (secondary N) is 1. The van der Waals surface area contributed by atoms with Gasteiger partial charge in [0.05, 0.1) is 4.90 Å². The van der Waals surface area contributed by atoms with Crippen molar-refractivity contribution in [2.75, 3.05) is 5.32 Å². The Morgan fingerprint density at radius 2 is 1.70 bits per heavy atom. The van der Waals surface area contributed by atoms with E-state index in [9.17, 15) is 13.2 Å². The molecule has 1 aliphatic rings. The van der Waals surface area contributed by atoms with Crippen LogP contribution in [0.15, 0.2) is 41.3 Å². The van der Waals surface area contributed by atoms with Crippen molar-refractivity contribution in [1.82, 2.24) is 0 Å². The van der Waals surface area contributed by atoms with Crippen LogP contribution in [-0.2, 0) is 14.8 Å². The second kappa shape index (κ2) is 5.33. The Balaban J connectivity index is 2.15. The fourth-order valence-corrected chi connectivity index (χ4v) is 3.29. The van der Waals surface area contributed by atoms with E-state index in [0.717, 1.165) is 16.7 Å². The van der Waals surface area contributed by atoms with Crippen LogP contribution in [0.1, 0.15) is 22.3 Å². The molecular formula is C17H16N2O3S. The minimum Gasteiger partial charge on any atom is -0.321 e. The Morgan fingerprint density at radius 3 is 2.30 bits per heavy atom. The zero-order chi connectivity index (χ0) is 16.8. The molecule has 3 N–H and O–H groups in total. The smallest absolute Gasteiger partial charge is 0.256 e. The number of benzene rings is 2. The Labute approximate surface area is 134 Å². The number of nitrogens with two attached hydrogens (primary N) is 1. The maximum Gasteiger partial charge on any atom is 0.256 e. The quantitative estimate of drug-likeness (QED) is 0.830. The van der Waals surface area contributed by atoms with Crippen molar-refractivity contribution in [1.29, 1.82) is 0 Å². The molecule has 0 radical (unpaired) electrons. The summed E-state index contributed by atoms with van der Waals surface area (Å²) in [7, 11) is -3.82. The summed E-state index contributed by atoms with van der Waals surface area (Å²) in [6, 6.07) is 10.3. The average molecular weight is 328 g/mol. The third-order valence-corrected chi connectivity index (χ3v) is 4.57. The number of fused-ring (bicyclic) bond motifs is 1. The molecule has 1 amide bonds. The van der Waals surface area contributed by atoms with Gasteiger partial charge in [-0.05, 0) is 43.7 Å². The van der Waals surface area contributed by atoms with Crippen LogP contribution < -0.4 is 10.5 Å². The van der Waals surface area contributed by atoms with Crippen LogP contribution in [0.2, 0.25) is 0 Å². The van der Waals surface area contributed by atoms with Gasteiger partial charge < -0.3 is 5.32 Å². The van der Waals surface area contributed by atoms with Crippen molar-refractivity contribution in [3.8, 4) is 0 Å². The molecule has 5 nitrogen and oxygen atoms in total. The molecule has 2 aromatic rings. The largest absolute Gasteiger partial charge is 0.321 e. The molecule has 0 fully saturated rings. The first kappa shape index (κ1) is 15.5. The lowest BCUT2D eigenvalue weighted by atomic mass is 10.0. The van der Waals surface area contributed by atoms with Crippen molar-refractivity contribution < 1.29 is 13.2 Å². The molecule has 1 heterocycles. The number of hydrogen-bond acceptors (Lipinski definition) is 3. The van der Waals surface area contributed by atoms with Crippen LogP contribution in [0.4, 0.5) is 5.69 Å². The van der Waals surface area contributed by atoms with E-state index in [4.69, 9.17) is 5.14 Å². The van der Waals surface area contributed by atoms with E-state index in [1.54, 1.807) is 12.1 Å². The summed E-state index contributed by atoms with van der Waals surface area (Å²) in [4.78, 5) is 12.2. The fraction of sp³-hybridized carbons (Fsp3) is 0.118. The van der Waals surface area contributed by atoms with E-state index in [0.29, 0.717) is 16.8 Å². The van der Waals surface area contributed by atoms with Gasteiger partial charge in [-0.15, -0.1) is 0 Å². The Hall–Kier alpha value is -2.44. The van der Waals surface area contributed by atoms with Crippen LogP contribution in [-0.4, -0.2) is 14.3 Å². The minimum atomic E-state index is -3.82. The molecule has 0 saturated heterocycles. The van der Waals surface area contributed by atoms with Gasteiger partial charge in [0, 0.05) is 16.8 Å². The van der Waals surface area contributed by atoms with Gasteiger partial charge in [-0.25, -0.2) is 13.6 Å². The maximum atomic E-state index is 12.2. The summed E-state index contributed by atoms with van der Waals surface area (Å²) in [5.74, 6) is -0.259. The highest BCUT2D eigenvalue weighted by molar-refractivity contribution is 7.89. The van der Waals surface area contributed by atoms with E-state index in [2.05, 4.69) is 5.32 Å². The second-order valence-electron chi connectivity index (χ2n) is 5.69. The third-order valence-electron chi connectivity index (χ3n) is 3.66. The number of hydrogen-bond donors (Lipinski definition) is 2. The monoisotopic (exact) mass is 328 g/mol. The van der Waals surface area contributed by atoms with Gasteiger partial charge in [0.15, 0.2) is 0 Å². The number of anilines is 1. The summed E-state index contributed by atoms with van der Waals surface area (Å²) in [6.07, 6.45) is 1.76. The van der Waals surface area contributed by atoms with Crippen molar-refractivity contribution >= 4 is 33.3 Å². The topological polar surface area (TPSA) is 89.3 Å². The summed E-state index contributed by atoms with van der Waals surface area (Å²) in [6.45, 7) is 3.97. The first-order valence-electron chi connectivity index (χ1n) is 7.02. The maximum absolute atomic E-state index is 12.2. The first-order chi connectivity index (χ1) is 10.7. The molecule has 118 valence electrons. The molecule has 0 aromatic heterocycles. The van der Waals surface area contributed by atoms with Crippen LogP contribution in [0.5, 0.6) is 0 Å². The molecular weight excluding hydrogens is 312 g/mol. The number of rotatable bonds is 2. The van der Waals surface area contributed by atoms with Crippen molar-refractivity contribution in [3.63, 3.8) is 0 Å². The van der Waals surface area contributed by atoms with Gasteiger partial charge in [-0.1, -0.05) is 29.3 Å². The van der Waals surface area contributed by atoms with Gasteiger partial charge in [-0.2, -0.15) is 0 Å². The third kappa shape index (κ3) is 3.04. The lowest BCUT2D eigenvalue weighted by Crippen LogP contribution is -2.12. The second-order valence-corrected chi connectivity index (χ2v) is 7.25. The lowest BCUT2D eigenvalue weighted by Gasteiger charge is -2.04. The van der Waals surface area contributed by atoms with Crippen molar-refractivity contribution in [2.45, 2.75) is 18.7 Å². The molecule has 0 atom stereocenters. The van der Waals surface area contributed by atoms with Gasteiger partial charge in [0.2, 0.25) is 10.0 Å². The standard InChI is InChI=1S/C17H16N2O3S/c1-10-5-11(2)7-12(6-10)8-15-14-9-13(23(18,21)22)3-4-16(14)19-17(15)20/h3-9H,1-2H3,(H,19,20)(H2,18,21,22). The Bertz CT molecular complexity index is 940. The molecule has 1 aliphatic heterocycles. The molecule has 0 aliphatic carbocycles. The molecule has 3 rings (SSSR count). The van der Waals surface area contributed by atoms with Gasteiger partial charge in [-0.3, -0.25) is 4.79 Å². The first-order valence-corrected chi connectivity index (χ1v) is 8.57. The Morgan fingerprint density at radius 1 is 1.04 bits per heavy atom. The van der Waals surface area contributed by atoms with Crippen molar-refractivity contribution in [2.24, 2.45) is 5.14 Å². The molecule has 6 heteroatoms. The van der Waals surface area contributed by atoms with E-state index in [1.165, 1.54) is 12.1 Å². The van der Waals surface area contributed by atoms with Gasteiger partial charge in [0.25, 0.3) is 5.91 Å². The molecule has 2 aromatic carbocycles. The van der Waals surface area contributed by atoms with Gasteiger partial charge in [0.1, 0.15) is 0 Å². The molecule has 0 unspecified atom stereocenters. The molecule has 0 spiro atoms. The van der Waals surface area contributed by atoms with Crippen molar-refractivity contribution in [3.05, 3.63) is 58.7 Å². The number of carbonyl (C=O) groups is 1. The van der Waals surface area contributed by atoms with Crippen LogP contribution in [0, 0.1) is 13.8 Å². The number of primary sulfonamides is 1. The Kier molecular flexibility index (Phi) is 3.58. The number of sulfonamides is 1. The number of carbonyl (C=O) groups excluding carboxylic acids is 1. The SMILES string of the molecule is Cc1cc(C)cc(C=C2C(=O)Nc3ccc(S(N)(=O)=O)cc32)c1. The normalized spacial score (nSPS) is 15.6. The van der Waals surface area contributed by atoms with E-state index >= 15 is 0 Å². The highest BCUT2D eigenvalue weighted by Gasteiger charge is 2.25. The highest BCUT2D eigenvalue weighted by Crippen LogP contribution is 2.34. The highest BCUT2D eigenvalue weighted by atomic mass is 32.2. The fourth-order valence-electron chi connectivity index (χ4n) is 2.75. The summed E-state index contributed by atoms with van der Waals surface area (Å²) >= 11 is 0. The van der Waals surface area contributed by atoms with E-state index < -0.39 is 10.0 Å². The molecule has 0 bridgehead atoms. The van der Waals surface area contributed by atoms with Gasteiger partial charge >= 0.3 is 0 Å². The summed E-state index contributed by atoms with van der Waals surface area (Å²) < 4.78 is 23.0. The van der Waals surface area contributed by atoms with Crippen LogP contribution >= 0.6 is 0 Å². The number of aryl methyl sites for hydroxylation is 2. The van der Waals surface area contributed by atoms with Crippen LogP contribution in [0.25, 0.3) is 11.6 Å². The van der Waals surface area contributed by atoms with E-state index in [1.807, 2.05) is 32.0 Å². The summed E-state index contributed by atoms with van der Waals surface area (Å²) in [5.41, 5.74) is 4.62. The summed E-state index contributed by atoms with van der Waals surface area (Å²) in [5, 5.41) is 7.90. The molecule has 0 saturated carbocycles. The predicted molar refractivity (Wildman–Crippen MR) is 90.2 cm³/mol. The van der Waals surface area contributed by atoms with Crippen LogP contribution in [0.3, 0.4) is 0 Å². The number of amides is 1.